The average molecular weight is 360 g/mol. The zero-order chi connectivity index (χ0) is 15.2. The van der Waals surface area contributed by atoms with Crippen molar-refractivity contribution in [2.75, 3.05) is 0 Å². The van der Waals surface area contributed by atoms with E-state index >= 15 is 0 Å². The Morgan fingerprint density at radius 2 is 2.10 bits per heavy atom. The van der Waals surface area contributed by atoms with Gasteiger partial charge in [-0.25, -0.2) is 9.67 Å². The molecule has 3 rings (SSSR count). The van der Waals surface area contributed by atoms with Crippen LogP contribution in [0.15, 0.2) is 22.9 Å². The van der Waals surface area contributed by atoms with Crippen LogP contribution in [-0.2, 0) is 12.7 Å². The van der Waals surface area contributed by atoms with Crippen molar-refractivity contribution in [2.24, 2.45) is 0 Å². The van der Waals surface area contributed by atoms with Gasteiger partial charge in [-0.2, -0.15) is 13.2 Å². The molecule has 0 aliphatic carbocycles. The van der Waals surface area contributed by atoms with Crippen molar-refractivity contribution >= 4 is 15.9 Å². The van der Waals surface area contributed by atoms with E-state index in [2.05, 4.69) is 26.0 Å². The van der Waals surface area contributed by atoms with E-state index in [0.717, 1.165) is 36.8 Å². The lowest BCUT2D eigenvalue weighted by molar-refractivity contribution is -0.137. The fraction of sp³-hybridized carbons (Fsp3) is 0.429. The van der Waals surface area contributed by atoms with Crippen molar-refractivity contribution < 1.29 is 13.2 Å². The summed E-state index contributed by atoms with van der Waals surface area (Å²) in [5, 5.41) is 4.23. The second-order valence-corrected chi connectivity index (χ2v) is 5.94. The number of alkyl halides is 3. The van der Waals surface area contributed by atoms with Crippen molar-refractivity contribution in [1.29, 1.82) is 0 Å². The predicted molar refractivity (Wildman–Crippen MR) is 75.0 cm³/mol. The van der Waals surface area contributed by atoms with E-state index in [1.165, 1.54) is 12.1 Å². The number of aromatic nitrogens is 3. The molecular formula is C14H13BrF3N3. The Hall–Kier alpha value is -1.37. The van der Waals surface area contributed by atoms with Gasteiger partial charge in [0.2, 0.25) is 4.73 Å². The minimum absolute atomic E-state index is 0.139. The van der Waals surface area contributed by atoms with Gasteiger partial charge < -0.3 is 0 Å². The summed E-state index contributed by atoms with van der Waals surface area (Å²) in [5.41, 5.74) is 0.921. The fourth-order valence-corrected chi connectivity index (χ4v) is 3.18. The molecule has 1 unspecified atom stereocenters. The van der Waals surface area contributed by atoms with Crippen molar-refractivity contribution in [2.45, 2.75) is 38.4 Å². The molecule has 21 heavy (non-hydrogen) atoms. The normalized spacial score (nSPS) is 18.6. The molecule has 3 nitrogen and oxygen atoms in total. The highest BCUT2D eigenvalue weighted by atomic mass is 79.9. The Kier molecular flexibility index (Phi) is 3.55. The minimum Gasteiger partial charge on any atom is -0.248 e. The first-order valence-corrected chi connectivity index (χ1v) is 7.43. The van der Waals surface area contributed by atoms with Crippen LogP contribution in [0.5, 0.6) is 0 Å². The van der Waals surface area contributed by atoms with Gasteiger partial charge in [-0.05, 0) is 59.0 Å². The largest absolute Gasteiger partial charge is 0.416 e. The van der Waals surface area contributed by atoms with Crippen LogP contribution in [0, 0.1) is 6.92 Å². The summed E-state index contributed by atoms with van der Waals surface area (Å²) in [6.07, 6.45) is -2.66. The number of rotatable bonds is 1. The van der Waals surface area contributed by atoms with E-state index in [4.69, 9.17) is 0 Å². The third-order valence-electron chi connectivity index (χ3n) is 3.83. The summed E-state index contributed by atoms with van der Waals surface area (Å²) in [7, 11) is 0. The van der Waals surface area contributed by atoms with Crippen LogP contribution in [0.25, 0.3) is 0 Å². The van der Waals surface area contributed by atoms with Crippen molar-refractivity contribution in [3.8, 4) is 0 Å². The number of benzene rings is 1. The molecule has 0 saturated heterocycles. The van der Waals surface area contributed by atoms with Gasteiger partial charge in [0.1, 0.15) is 5.82 Å². The predicted octanol–water partition coefficient (Wildman–Crippen LogP) is 4.29. The molecule has 2 aromatic rings. The summed E-state index contributed by atoms with van der Waals surface area (Å²) >= 11 is 3.23. The molecule has 1 aliphatic rings. The molecule has 1 atom stereocenters. The van der Waals surface area contributed by atoms with Gasteiger partial charge >= 0.3 is 6.18 Å². The van der Waals surface area contributed by atoms with Crippen LogP contribution < -0.4 is 0 Å². The first-order valence-electron chi connectivity index (χ1n) is 6.64. The van der Waals surface area contributed by atoms with Gasteiger partial charge in [0.25, 0.3) is 0 Å². The van der Waals surface area contributed by atoms with E-state index in [1.54, 1.807) is 4.68 Å². The molecule has 1 aliphatic heterocycles. The molecule has 0 spiro atoms. The number of halogens is 4. The molecule has 0 saturated carbocycles. The highest BCUT2D eigenvalue weighted by molar-refractivity contribution is 9.10. The molecule has 0 bridgehead atoms. The van der Waals surface area contributed by atoms with E-state index < -0.39 is 11.7 Å². The molecule has 0 radical (unpaired) electrons. The van der Waals surface area contributed by atoms with Crippen molar-refractivity contribution in [1.82, 2.24) is 14.8 Å². The smallest absolute Gasteiger partial charge is 0.248 e. The molecule has 0 fully saturated rings. The topological polar surface area (TPSA) is 30.7 Å². The molecular weight excluding hydrogens is 347 g/mol. The standard InChI is InChI=1S/C14H13BrF3N3/c1-8-4-5-9(14(16,17)18)7-11(8)10-3-2-6-21-12(10)19-13(15)20-21/h4-5,7,10H,2-3,6H2,1H3. The third kappa shape index (κ3) is 2.71. The first kappa shape index (κ1) is 14.6. The maximum atomic E-state index is 12.9. The quantitative estimate of drug-likeness (QED) is 0.760. The van der Waals surface area contributed by atoms with Gasteiger partial charge in [0.05, 0.1) is 5.56 Å². The summed E-state index contributed by atoms with van der Waals surface area (Å²) in [4.78, 5) is 4.33. The Morgan fingerprint density at radius 1 is 1.33 bits per heavy atom. The Labute approximate surface area is 128 Å². The zero-order valence-corrected chi connectivity index (χ0v) is 12.9. The fourth-order valence-electron chi connectivity index (χ4n) is 2.81. The SMILES string of the molecule is Cc1ccc(C(F)(F)F)cc1C1CCCn2nc(Br)nc21. The van der Waals surface area contributed by atoms with Crippen LogP contribution in [0.1, 0.15) is 41.3 Å². The Balaban J connectivity index is 2.09. The second-order valence-electron chi connectivity index (χ2n) is 5.23. The number of hydrogen-bond donors (Lipinski definition) is 0. The van der Waals surface area contributed by atoms with Gasteiger partial charge in [0, 0.05) is 12.5 Å². The summed E-state index contributed by atoms with van der Waals surface area (Å²) in [6.45, 7) is 2.59. The molecule has 2 heterocycles. The van der Waals surface area contributed by atoms with Crippen molar-refractivity contribution in [3.05, 3.63) is 45.4 Å². The lowest BCUT2D eigenvalue weighted by Crippen LogP contribution is -2.19. The highest BCUT2D eigenvalue weighted by Gasteiger charge is 2.33. The van der Waals surface area contributed by atoms with Crippen LogP contribution in [0.4, 0.5) is 13.2 Å². The Morgan fingerprint density at radius 3 is 2.81 bits per heavy atom. The third-order valence-corrected chi connectivity index (χ3v) is 4.17. The molecule has 112 valence electrons. The van der Waals surface area contributed by atoms with E-state index in [1.807, 2.05) is 6.92 Å². The Bertz CT molecular complexity index is 679. The zero-order valence-electron chi connectivity index (χ0n) is 11.3. The van der Waals surface area contributed by atoms with Gasteiger partial charge in [0.15, 0.2) is 0 Å². The van der Waals surface area contributed by atoms with E-state index in [-0.39, 0.29) is 5.92 Å². The van der Waals surface area contributed by atoms with E-state index in [0.29, 0.717) is 10.3 Å². The molecule has 7 heteroatoms. The molecule has 0 amide bonds. The second kappa shape index (κ2) is 5.12. The van der Waals surface area contributed by atoms with E-state index in [9.17, 15) is 13.2 Å². The molecule has 1 aromatic heterocycles. The lowest BCUT2D eigenvalue weighted by atomic mass is 9.87. The highest BCUT2D eigenvalue weighted by Crippen LogP contribution is 2.37. The van der Waals surface area contributed by atoms with Gasteiger partial charge in [-0.1, -0.05) is 6.07 Å². The number of fused-ring (bicyclic) bond motifs is 1. The molecule has 0 N–H and O–H groups in total. The van der Waals surface area contributed by atoms with Crippen LogP contribution in [0.3, 0.4) is 0 Å². The van der Waals surface area contributed by atoms with Crippen LogP contribution in [0.2, 0.25) is 0 Å². The average Bonchev–Trinajstić information content (AvgIpc) is 2.78. The van der Waals surface area contributed by atoms with Gasteiger partial charge in [-0.3, -0.25) is 0 Å². The number of hydrogen-bond acceptors (Lipinski definition) is 2. The summed E-state index contributed by atoms with van der Waals surface area (Å²) in [5.74, 6) is 0.593. The van der Waals surface area contributed by atoms with Crippen LogP contribution in [-0.4, -0.2) is 14.8 Å². The number of aryl methyl sites for hydroxylation is 2. The first-order chi connectivity index (χ1) is 9.86. The van der Waals surface area contributed by atoms with Crippen molar-refractivity contribution in [3.63, 3.8) is 0 Å². The summed E-state index contributed by atoms with van der Waals surface area (Å²) in [6, 6.07) is 3.91. The maximum Gasteiger partial charge on any atom is 0.416 e. The van der Waals surface area contributed by atoms with Gasteiger partial charge in [-0.15, -0.1) is 5.10 Å². The number of nitrogens with zero attached hydrogens (tertiary/aromatic N) is 3. The monoisotopic (exact) mass is 359 g/mol. The van der Waals surface area contributed by atoms with Crippen LogP contribution >= 0.6 is 15.9 Å². The minimum atomic E-state index is -4.33. The maximum absolute atomic E-state index is 12.9. The lowest BCUT2D eigenvalue weighted by Gasteiger charge is -2.24. The molecule has 1 aromatic carbocycles. The summed E-state index contributed by atoms with van der Waals surface area (Å²) < 4.78 is 41.0.